The number of hydrogen-bond acceptors (Lipinski definition) is 2. The minimum atomic E-state index is -0.399. The van der Waals surface area contributed by atoms with Gasteiger partial charge in [0.05, 0.1) is 0 Å². The van der Waals surface area contributed by atoms with Crippen molar-refractivity contribution in [2.45, 2.75) is 0 Å². The molecule has 5 rings (SSSR count). The summed E-state index contributed by atoms with van der Waals surface area (Å²) in [5, 5.41) is 0. The lowest BCUT2D eigenvalue weighted by molar-refractivity contribution is 0.436. The van der Waals surface area contributed by atoms with Crippen LogP contribution in [0.1, 0.15) is 0 Å². The molecule has 2 heterocycles. The van der Waals surface area contributed by atoms with E-state index in [2.05, 4.69) is 62.2 Å². The molecule has 0 saturated carbocycles. The van der Waals surface area contributed by atoms with Crippen LogP contribution in [-0.2, 0) is 0 Å². The zero-order valence-electron chi connectivity index (χ0n) is 11.8. The van der Waals surface area contributed by atoms with Crippen LogP contribution >= 0.6 is 31.9 Å². The average Bonchev–Trinajstić information content (AvgIpc) is 2.56. The molecule has 2 aliphatic rings. The molecule has 2 nitrogen and oxygen atoms in total. The molecule has 0 radical (unpaired) electrons. The zero-order valence-corrected chi connectivity index (χ0v) is 15.0. The normalized spacial score (nSPS) is 13.4. The predicted molar refractivity (Wildman–Crippen MR) is 99.4 cm³/mol. The maximum atomic E-state index is 6.13. The summed E-state index contributed by atoms with van der Waals surface area (Å²) in [7, 11) is -0.399. The fourth-order valence-corrected chi connectivity index (χ4v) is 4.01. The van der Waals surface area contributed by atoms with Crippen molar-refractivity contribution in [3.05, 3.63) is 63.5 Å². The Labute approximate surface area is 150 Å². The predicted octanol–water partition coefficient (Wildman–Crippen LogP) is 5.03. The molecule has 0 saturated heterocycles. The molecule has 0 spiro atoms. The van der Waals surface area contributed by atoms with Gasteiger partial charge in [0.15, 0.2) is 0 Å². The summed E-state index contributed by atoms with van der Waals surface area (Å²) in [5.74, 6) is 1.70. The van der Waals surface area contributed by atoms with Crippen LogP contribution in [0.15, 0.2) is 63.5 Å². The molecule has 2 aliphatic heterocycles. The first-order chi connectivity index (χ1) is 11.2. The molecule has 3 aromatic rings. The van der Waals surface area contributed by atoms with Crippen molar-refractivity contribution in [1.29, 1.82) is 0 Å². The van der Waals surface area contributed by atoms with E-state index in [4.69, 9.17) is 9.31 Å². The van der Waals surface area contributed by atoms with E-state index in [1.165, 1.54) is 11.1 Å². The summed E-state index contributed by atoms with van der Waals surface area (Å²) < 4.78 is 14.3. The van der Waals surface area contributed by atoms with E-state index < -0.39 is 7.12 Å². The van der Waals surface area contributed by atoms with Gasteiger partial charge in [-0.2, -0.15) is 0 Å². The van der Waals surface area contributed by atoms with Crippen LogP contribution in [0.3, 0.4) is 0 Å². The molecule has 23 heavy (non-hydrogen) atoms. The summed E-state index contributed by atoms with van der Waals surface area (Å²) in [5.41, 5.74) is 5.62. The molecule has 0 aliphatic carbocycles. The third-order valence-electron chi connectivity index (χ3n) is 4.27. The molecule has 0 atom stereocenters. The first kappa shape index (κ1) is 13.7. The van der Waals surface area contributed by atoms with E-state index in [-0.39, 0.29) is 0 Å². The van der Waals surface area contributed by atoms with Gasteiger partial charge in [-0.1, -0.05) is 50.1 Å². The van der Waals surface area contributed by atoms with Gasteiger partial charge in [-0.05, 0) is 47.5 Å². The van der Waals surface area contributed by atoms with Crippen molar-refractivity contribution >= 4 is 44.4 Å². The lowest BCUT2D eigenvalue weighted by Gasteiger charge is -2.32. The van der Waals surface area contributed by atoms with Gasteiger partial charge >= 0.3 is 7.12 Å². The lowest BCUT2D eigenvalue weighted by atomic mass is 9.66. The molecule has 0 aromatic heterocycles. The van der Waals surface area contributed by atoms with E-state index in [1.807, 2.05) is 24.3 Å². The Morgan fingerprint density at radius 1 is 0.652 bits per heavy atom. The van der Waals surface area contributed by atoms with Crippen LogP contribution in [0.4, 0.5) is 0 Å². The van der Waals surface area contributed by atoms with Gasteiger partial charge in [0.25, 0.3) is 0 Å². The Morgan fingerprint density at radius 3 is 1.70 bits per heavy atom. The van der Waals surface area contributed by atoms with E-state index >= 15 is 0 Å². The van der Waals surface area contributed by atoms with Gasteiger partial charge in [-0.25, -0.2) is 0 Å². The highest BCUT2D eigenvalue weighted by Crippen LogP contribution is 2.42. The van der Waals surface area contributed by atoms with Gasteiger partial charge in [0.2, 0.25) is 0 Å². The van der Waals surface area contributed by atoms with Crippen molar-refractivity contribution in [2.75, 3.05) is 0 Å². The second-order valence-corrected chi connectivity index (χ2v) is 7.45. The summed E-state index contributed by atoms with van der Waals surface area (Å²) >= 11 is 7.10. The van der Waals surface area contributed by atoms with Crippen LogP contribution in [0.2, 0.25) is 0 Å². The number of fused-ring (bicyclic) bond motifs is 4. The van der Waals surface area contributed by atoms with Gasteiger partial charge in [-0.15, -0.1) is 0 Å². The molecule has 3 aromatic carbocycles. The number of benzene rings is 3. The highest BCUT2D eigenvalue weighted by Gasteiger charge is 2.41. The smallest absolute Gasteiger partial charge is 0.521 e. The average molecular weight is 428 g/mol. The molecule has 110 valence electrons. The maximum absolute atomic E-state index is 6.13. The molecule has 0 fully saturated rings. The first-order valence-corrected chi connectivity index (χ1v) is 8.85. The Bertz CT molecular complexity index is 897. The van der Waals surface area contributed by atoms with Gasteiger partial charge in [0, 0.05) is 25.5 Å². The topological polar surface area (TPSA) is 18.5 Å². The molecule has 5 heteroatoms. The standard InChI is InChI=1S/C18H9BBr2O2/c20-10-4-6-16-14(8-10)12-2-1-3-13-15-9-11(21)5-7-17(15)23-19(22-16)18(12)13/h1-9H. The quantitative estimate of drug-likeness (QED) is 0.469. The Hall–Kier alpha value is -1.72. The van der Waals surface area contributed by atoms with Crippen LogP contribution in [-0.4, -0.2) is 7.12 Å². The third-order valence-corrected chi connectivity index (χ3v) is 5.26. The van der Waals surface area contributed by atoms with Crippen molar-refractivity contribution in [2.24, 2.45) is 0 Å². The van der Waals surface area contributed by atoms with E-state index in [0.29, 0.717) is 0 Å². The van der Waals surface area contributed by atoms with Crippen LogP contribution in [0.25, 0.3) is 22.3 Å². The highest BCUT2D eigenvalue weighted by molar-refractivity contribution is 9.10. The summed E-state index contributed by atoms with van der Waals surface area (Å²) in [6.07, 6.45) is 0. The van der Waals surface area contributed by atoms with E-state index in [1.54, 1.807) is 0 Å². The third kappa shape index (κ3) is 2.00. The summed E-state index contributed by atoms with van der Waals surface area (Å²) in [6, 6.07) is 18.5. The van der Waals surface area contributed by atoms with Crippen molar-refractivity contribution < 1.29 is 9.31 Å². The number of hydrogen-bond donors (Lipinski definition) is 0. The van der Waals surface area contributed by atoms with Crippen molar-refractivity contribution in [1.82, 2.24) is 0 Å². The van der Waals surface area contributed by atoms with Gasteiger partial charge < -0.3 is 9.31 Å². The second kappa shape index (κ2) is 4.89. The monoisotopic (exact) mass is 426 g/mol. The highest BCUT2D eigenvalue weighted by atomic mass is 79.9. The van der Waals surface area contributed by atoms with Crippen LogP contribution < -0.4 is 14.8 Å². The maximum Gasteiger partial charge on any atom is 0.633 e. The number of halogens is 2. The zero-order chi connectivity index (χ0) is 15.6. The first-order valence-electron chi connectivity index (χ1n) is 7.27. The number of rotatable bonds is 0. The summed E-state index contributed by atoms with van der Waals surface area (Å²) in [4.78, 5) is 0. The molecule has 0 bridgehead atoms. The Balaban J connectivity index is 1.84. The van der Waals surface area contributed by atoms with Gasteiger partial charge in [0.1, 0.15) is 11.5 Å². The molecule has 0 amide bonds. The molecular weight excluding hydrogens is 419 g/mol. The Morgan fingerprint density at radius 2 is 1.17 bits per heavy atom. The largest absolute Gasteiger partial charge is 0.633 e. The van der Waals surface area contributed by atoms with Crippen LogP contribution in [0, 0.1) is 0 Å². The van der Waals surface area contributed by atoms with Crippen molar-refractivity contribution in [3.63, 3.8) is 0 Å². The molecular formula is C18H9BBr2O2. The minimum Gasteiger partial charge on any atom is -0.521 e. The SMILES string of the molecule is Brc1ccc2c(c1)-c1cccc3c1B(O2)Oc1ccc(Br)cc1-3. The summed E-state index contributed by atoms with van der Waals surface area (Å²) in [6.45, 7) is 0. The van der Waals surface area contributed by atoms with E-state index in [9.17, 15) is 0 Å². The lowest BCUT2D eigenvalue weighted by Crippen LogP contribution is -2.49. The van der Waals surface area contributed by atoms with Crippen LogP contribution in [0.5, 0.6) is 11.5 Å². The van der Waals surface area contributed by atoms with Gasteiger partial charge in [-0.3, -0.25) is 0 Å². The second-order valence-electron chi connectivity index (χ2n) is 5.62. The molecule has 0 unspecified atom stereocenters. The van der Waals surface area contributed by atoms with Crippen molar-refractivity contribution in [3.8, 4) is 33.8 Å². The molecule has 0 N–H and O–H groups in total. The van der Waals surface area contributed by atoms with E-state index in [0.717, 1.165) is 37.0 Å². The fourth-order valence-electron chi connectivity index (χ4n) is 3.29. The fraction of sp³-hybridized carbons (Fsp3) is 0. The Kier molecular flexibility index (Phi) is 2.91. The minimum absolute atomic E-state index is 0.399.